The summed E-state index contributed by atoms with van der Waals surface area (Å²) in [7, 11) is 0. The molecule has 28 heavy (non-hydrogen) atoms. The number of nitrogens with zero attached hydrogens (tertiary/aromatic N) is 2. The first-order chi connectivity index (χ1) is 13.7. The Morgan fingerprint density at radius 1 is 1.00 bits per heavy atom. The Hall–Kier alpha value is -2.18. The van der Waals surface area contributed by atoms with E-state index in [2.05, 4.69) is 12.1 Å². The first-order valence-electron chi connectivity index (χ1n) is 9.92. The van der Waals surface area contributed by atoms with Gasteiger partial charge < -0.3 is 14.5 Å². The highest BCUT2D eigenvalue weighted by molar-refractivity contribution is 7.10. The highest BCUT2D eigenvalue weighted by Crippen LogP contribution is 2.32. The van der Waals surface area contributed by atoms with Crippen LogP contribution in [0, 0.1) is 5.92 Å². The van der Waals surface area contributed by atoms with Crippen molar-refractivity contribution >= 4 is 23.2 Å². The maximum Gasteiger partial charge on any atom is 0.227 e. The van der Waals surface area contributed by atoms with Gasteiger partial charge in [-0.15, -0.1) is 11.3 Å². The third-order valence-electron chi connectivity index (χ3n) is 5.65. The molecule has 1 aromatic heterocycles. The molecule has 148 valence electrons. The monoisotopic (exact) mass is 398 g/mol. The van der Waals surface area contributed by atoms with Crippen molar-refractivity contribution < 1.29 is 14.3 Å². The van der Waals surface area contributed by atoms with Gasteiger partial charge in [-0.3, -0.25) is 9.59 Å². The van der Waals surface area contributed by atoms with Gasteiger partial charge in [-0.1, -0.05) is 36.4 Å². The van der Waals surface area contributed by atoms with E-state index in [1.165, 1.54) is 5.56 Å². The number of thiophene rings is 1. The smallest absolute Gasteiger partial charge is 0.227 e. The second kappa shape index (κ2) is 8.88. The molecule has 4 rings (SSSR count). The Bertz CT molecular complexity index is 787. The molecule has 2 unspecified atom stereocenters. The van der Waals surface area contributed by atoms with Crippen molar-refractivity contribution in [3.8, 4) is 0 Å². The summed E-state index contributed by atoms with van der Waals surface area (Å²) in [6.07, 6.45) is 1.21. The van der Waals surface area contributed by atoms with Crippen LogP contribution in [-0.4, -0.2) is 61.0 Å². The molecule has 2 amide bonds. The maximum absolute atomic E-state index is 13.1. The van der Waals surface area contributed by atoms with E-state index >= 15 is 0 Å². The molecule has 1 aromatic carbocycles. The molecule has 0 radical (unpaired) electrons. The average Bonchev–Trinajstić information content (AvgIpc) is 3.27. The Labute approximate surface area is 169 Å². The fraction of sp³-hybridized carbons (Fsp3) is 0.455. The molecule has 0 spiro atoms. The predicted octanol–water partition coefficient (Wildman–Crippen LogP) is 2.78. The zero-order valence-corrected chi connectivity index (χ0v) is 16.8. The predicted molar refractivity (Wildman–Crippen MR) is 109 cm³/mol. The molecule has 2 aromatic rings. The highest BCUT2D eigenvalue weighted by Gasteiger charge is 2.36. The third-order valence-corrected chi connectivity index (χ3v) is 6.53. The van der Waals surface area contributed by atoms with Crippen molar-refractivity contribution in [1.82, 2.24) is 9.80 Å². The Balaban J connectivity index is 1.52. The van der Waals surface area contributed by atoms with Crippen LogP contribution >= 0.6 is 11.3 Å². The first kappa shape index (κ1) is 19.2. The molecule has 2 saturated heterocycles. The van der Waals surface area contributed by atoms with Gasteiger partial charge in [0, 0.05) is 37.0 Å². The Morgan fingerprint density at radius 2 is 1.79 bits per heavy atom. The molecular formula is C22H26N2O3S. The van der Waals surface area contributed by atoms with Gasteiger partial charge in [-0.25, -0.2) is 0 Å². The minimum atomic E-state index is -0.149. The van der Waals surface area contributed by atoms with Crippen LogP contribution in [-0.2, 0) is 20.7 Å². The van der Waals surface area contributed by atoms with E-state index in [0.717, 1.165) is 11.3 Å². The molecule has 0 N–H and O–H groups in total. The summed E-state index contributed by atoms with van der Waals surface area (Å²) in [6, 6.07) is 14.2. The first-order valence-corrected chi connectivity index (χ1v) is 10.8. The standard InChI is InChI=1S/C22H26N2O3S/c25-21(14-20-7-4-12-28-20)24-15-18(17-5-2-1-3-6-17)13-19(16-24)22(26)23-8-10-27-11-9-23/h1-7,12,18-19H,8-11,13-16H2. The molecule has 5 nitrogen and oxygen atoms in total. The lowest BCUT2D eigenvalue weighted by molar-refractivity contribution is -0.144. The van der Waals surface area contributed by atoms with Gasteiger partial charge in [-0.05, 0) is 23.4 Å². The third kappa shape index (κ3) is 4.45. The van der Waals surface area contributed by atoms with Gasteiger partial charge in [0.1, 0.15) is 0 Å². The number of carbonyl (C=O) groups excluding carboxylic acids is 2. The average molecular weight is 399 g/mol. The number of ether oxygens (including phenoxy) is 1. The molecule has 6 heteroatoms. The fourth-order valence-electron chi connectivity index (χ4n) is 4.16. The van der Waals surface area contributed by atoms with E-state index in [1.54, 1.807) is 11.3 Å². The van der Waals surface area contributed by atoms with E-state index in [4.69, 9.17) is 4.74 Å². The molecule has 2 fully saturated rings. The van der Waals surface area contributed by atoms with Crippen LogP contribution in [0.25, 0.3) is 0 Å². The highest BCUT2D eigenvalue weighted by atomic mass is 32.1. The molecule has 2 aliphatic heterocycles. The summed E-state index contributed by atoms with van der Waals surface area (Å²) in [4.78, 5) is 31.0. The van der Waals surface area contributed by atoms with E-state index in [0.29, 0.717) is 45.8 Å². The largest absolute Gasteiger partial charge is 0.378 e. The van der Waals surface area contributed by atoms with Crippen molar-refractivity contribution in [2.24, 2.45) is 5.92 Å². The minimum Gasteiger partial charge on any atom is -0.378 e. The Morgan fingerprint density at radius 3 is 2.50 bits per heavy atom. The van der Waals surface area contributed by atoms with Crippen molar-refractivity contribution in [2.45, 2.75) is 18.8 Å². The molecule has 2 aliphatic rings. The minimum absolute atomic E-state index is 0.114. The summed E-state index contributed by atoms with van der Waals surface area (Å²) >= 11 is 1.61. The number of piperidine rings is 1. The van der Waals surface area contributed by atoms with Crippen molar-refractivity contribution in [2.75, 3.05) is 39.4 Å². The number of rotatable bonds is 4. The van der Waals surface area contributed by atoms with Crippen LogP contribution < -0.4 is 0 Å². The van der Waals surface area contributed by atoms with Crippen LogP contribution in [0.1, 0.15) is 22.8 Å². The van der Waals surface area contributed by atoms with Gasteiger partial charge >= 0.3 is 0 Å². The summed E-state index contributed by atoms with van der Waals surface area (Å²) < 4.78 is 5.39. The summed E-state index contributed by atoms with van der Waals surface area (Å²) in [5.74, 6) is 0.322. The number of hydrogen-bond donors (Lipinski definition) is 0. The van der Waals surface area contributed by atoms with Crippen LogP contribution in [0.4, 0.5) is 0 Å². The summed E-state index contributed by atoms with van der Waals surface area (Å²) in [6.45, 7) is 3.69. The van der Waals surface area contributed by atoms with Crippen molar-refractivity contribution in [3.05, 3.63) is 58.3 Å². The SMILES string of the molecule is O=C(Cc1cccs1)N1CC(C(=O)N2CCOCC2)CC(c2ccccc2)C1. The lowest BCUT2D eigenvalue weighted by Gasteiger charge is -2.40. The van der Waals surface area contributed by atoms with Crippen LogP contribution in [0.3, 0.4) is 0 Å². The molecule has 0 bridgehead atoms. The maximum atomic E-state index is 13.1. The van der Waals surface area contributed by atoms with Crippen LogP contribution in [0.5, 0.6) is 0 Å². The fourth-order valence-corrected chi connectivity index (χ4v) is 4.86. The molecule has 2 atom stereocenters. The second-order valence-electron chi connectivity index (χ2n) is 7.53. The molecule has 3 heterocycles. The van der Waals surface area contributed by atoms with Crippen LogP contribution in [0.2, 0.25) is 0 Å². The topological polar surface area (TPSA) is 49.9 Å². The molecule has 0 saturated carbocycles. The number of morpholine rings is 1. The lowest BCUT2D eigenvalue weighted by Crippen LogP contribution is -2.51. The van der Waals surface area contributed by atoms with E-state index < -0.39 is 0 Å². The number of carbonyl (C=O) groups is 2. The van der Waals surface area contributed by atoms with Crippen molar-refractivity contribution in [3.63, 3.8) is 0 Å². The van der Waals surface area contributed by atoms with Gasteiger partial charge in [0.2, 0.25) is 11.8 Å². The normalized spacial score (nSPS) is 22.9. The van der Waals surface area contributed by atoms with E-state index in [-0.39, 0.29) is 23.7 Å². The van der Waals surface area contributed by atoms with E-state index in [1.807, 2.05) is 45.5 Å². The Kier molecular flexibility index (Phi) is 6.07. The summed E-state index contributed by atoms with van der Waals surface area (Å²) in [5, 5.41) is 2.00. The molecule has 0 aliphatic carbocycles. The van der Waals surface area contributed by atoms with Gasteiger partial charge in [-0.2, -0.15) is 0 Å². The second-order valence-corrected chi connectivity index (χ2v) is 8.56. The summed E-state index contributed by atoms with van der Waals surface area (Å²) in [5.41, 5.74) is 1.20. The lowest BCUT2D eigenvalue weighted by atomic mass is 9.83. The van der Waals surface area contributed by atoms with Gasteiger partial charge in [0.15, 0.2) is 0 Å². The van der Waals surface area contributed by atoms with Crippen LogP contribution in [0.15, 0.2) is 47.8 Å². The van der Waals surface area contributed by atoms with Gasteiger partial charge in [0.25, 0.3) is 0 Å². The number of benzene rings is 1. The van der Waals surface area contributed by atoms with Crippen molar-refractivity contribution in [1.29, 1.82) is 0 Å². The number of hydrogen-bond acceptors (Lipinski definition) is 4. The number of likely N-dealkylation sites (tertiary alicyclic amines) is 1. The van der Waals surface area contributed by atoms with E-state index in [9.17, 15) is 9.59 Å². The molecular weight excluding hydrogens is 372 g/mol. The zero-order chi connectivity index (χ0) is 19.3. The van der Waals surface area contributed by atoms with Gasteiger partial charge in [0.05, 0.1) is 25.6 Å². The number of amides is 2. The quantitative estimate of drug-likeness (QED) is 0.796. The zero-order valence-electron chi connectivity index (χ0n) is 16.0.